The average Bonchev–Trinajstić information content (AvgIpc) is 2.80. The molecule has 0 spiro atoms. The lowest BCUT2D eigenvalue weighted by Gasteiger charge is -2.15. The van der Waals surface area contributed by atoms with Gasteiger partial charge in [-0.15, -0.1) is 0 Å². The van der Waals surface area contributed by atoms with Crippen LogP contribution in [-0.4, -0.2) is 32.7 Å². The van der Waals surface area contributed by atoms with Crippen molar-refractivity contribution in [2.75, 3.05) is 6.61 Å². The van der Waals surface area contributed by atoms with E-state index in [1.807, 2.05) is 0 Å². The van der Waals surface area contributed by atoms with Gasteiger partial charge in [-0.2, -0.15) is 0 Å². The third kappa shape index (κ3) is 13.1. The van der Waals surface area contributed by atoms with Crippen LogP contribution in [0, 0.1) is 0 Å². The summed E-state index contributed by atoms with van der Waals surface area (Å²) in [5, 5.41) is 18.6. The molecule has 0 saturated carbocycles. The van der Waals surface area contributed by atoms with E-state index in [-0.39, 0.29) is 27.4 Å². The Hall–Kier alpha value is -1.51. The van der Waals surface area contributed by atoms with E-state index in [9.17, 15) is 22.9 Å². The van der Waals surface area contributed by atoms with Crippen LogP contribution < -0.4 is 4.74 Å². The molecule has 0 bridgehead atoms. The standard InChI is InChI=1S/C26H41IO6/c1-2-3-4-5-6-7-8-9-10-11-12-13-14-15-17-21(27-32)20-33-24-22(25(28)29)18-16-19-23(24)26(30)31/h16,18-19,21H,2-15,17,20H2,1H3,(H,28,29)(H,30,31). The Balaban J connectivity index is 2.18. The first kappa shape index (κ1) is 29.5. The van der Waals surface area contributed by atoms with Gasteiger partial charge in [-0.25, -0.2) is 9.59 Å². The molecule has 1 atom stereocenters. The number of ether oxygens (including phenoxy) is 1. The minimum atomic E-state index is -1.32. The van der Waals surface area contributed by atoms with Gasteiger partial charge in [0, 0.05) is 0 Å². The molecule has 1 rings (SSSR count). The van der Waals surface area contributed by atoms with Crippen molar-refractivity contribution < 1.29 is 27.6 Å². The molecule has 0 aromatic heterocycles. The number of hydrogen-bond donors (Lipinski definition) is 2. The van der Waals surface area contributed by atoms with Crippen molar-refractivity contribution >= 4 is 33.1 Å². The predicted octanol–water partition coefficient (Wildman–Crippen LogP) is 8.02. The Morgan fingerprint density at radius 1 is 0.788 bits per heavy atom. The molecule has 1 unspecified atom stereocenters. The molecule has 188 valence electrons. The number of alkyl halides is 1. The Morgan fingerprint density at radius 2 is 1.21 bits per heavy atom. The second kappa shape index (κ2) is 18.9. The lowest BCUT2D eigenvalue weighted by molar-refractivity contribution is 0.0688. The van der Waals surface area contributed by atoms with E-state index in [0.29, 0.717) is 0 Å². The second-order valence-corrected chi connectivity index (χ2v) is 10.9. The maximum absolute atomic E-state index is 11.7. The van der Waals surface area contributed by atoms with E-state index in [1.165, 1.54) is 95.2 Å². The summed E-state index contributed by atoms with van der Waals surface area (Å²) in [6, 6.07) is 4.02. The van der Waals surface area contributed by atoms with Gasteiger partial charge in [0.25, 0.3) is 0 Å². The molecule has 0 heterocycles. The fraction of sp³-hybridized carbons (Fsp3) is 0.692. The number of rotatable bonds is 21. The molecule has 0 aliphatic heterocycles. The Bertz CT molecular complexity index is 674. The van der Waals surface area contributed by atoms with Gasteiger partial charge in [-0.3, -0.25) is 3.07 Å². The molecule has 0 amide bonds. The number of para-hydroxylation sites is 1. The van der Waals surface area contributed by atoms with Crippen LogP contribution in [0.4, 0.5) is 0 Å². The molecule has 0 radical (unpaired) electrons. The third-order valence-electron chi connectivity index (χ3n) is 5.88. The van der Waals surface area contributed by atoms with E-state index < -0.39 is 33.1 Å². The number of benzene rings is 1. The maximum Gasteiger partial charge on any atom is 0.339 e. The van der Waals surface area contributed by atoms with E-state index in [4.69, 9.17) is 4.74 Å². The fourth-order valence-electron chi connectivity index (χ4n) is 3.92. The Morgan fingerprint density at radius 3 is 1.61 bits per heavy atom. The highest BCUT2D eigenvalue weighted by Crippen LogP contribution is 2.26. The zero-order chi connectivity index (χ0) is 24.3. The van der Waals surface area contributed by atoms with Crippen molar-refractivity contribution in [2.45, 2.75) is 107 Å². The van der Waals surface area contributed by atoms with E-state index >= 15 is 0 Å². The molecule has 0 aliphatic carbocycles. The summed E-state index contributed by atoms with van der Waals surface area (Å²) >= 11 is -1.32. The molecule has 33 heavy (non-hydrogen) atoms. The Kier molecular flexibility index (Phi) is 16.9. The SMILES string of the molecule is CCCCCCCCCCCCCCCCC(COc1c(C(=O)O)cccc1C(=O)O)I=O. The van der Waals surface area contributed by atoms with Gasteiger partial charge in [0.1, 0.15) is 23.5 Å². The number of halogens is 1. The largest absolute Gasteiger partial charge is 0.491 e. The highest BCUT2D eigenvalue weighted by atomic mass is 127. The molecule has 6 nitrogen and oxygen atoms in total. The average molecular weight is 577 g/mol. The second-order valence-electron chi connectivity index (χ2n) is 8.67. The summed E-state index contributed by atoms with van der Waals surface area (Å²) < 4.78 is 17.1. The number of unbranched alkanes of at least 4 members (excludes halogenated alkanes) is 13. The molecule has 1 aromatic carbocycles. The van der Waals surface area contributed by atoms with Crippen molar-refractivity contribution in [3.8, 4) is 5.75 Å². The van der Waals surface area contributed by atoms with E-state index in [1.54, 1.807) is 0 Å². The first-order valence-corrected chi connectivity index (χ1v) is 14.6. The van der Waals surface area contributed by atoms with Gasteiger partial charge in [0.15, 0.2) is 21.2 Å². The zero-order valence-electron chi connectivity index (χ0n) is 20.0. The summed E-state index contributed by atoms with van der Waals surface area (Å²) in [6.45, 7) is 2.33. The van der Waals surface area contributed by atoms with Crippen LogP contribution in [0.25, 0.3) is 0 Å². The fourth-order valence-corrected chi connectivity index (χ4v) is 4.94. The van der Waals surface area contributed by atoms with Crippen LogP contribution in [0.2, 0.25) is 0 Å². The van der Waals surface area contributed by atoms with Crippen molar-refractivity contribution in [3.63, 3.8) is 0 Å². The molecular weight excluding hydrogens is 535 g/mol. The lowest BCUT2D eigenvalue weighted by Crippen LogP contribution is -2.16. The monoisotopic (exact) mass is 576 g/mol. The van der Waals surface area contributed by atoms with Gasteiger partial charge in [-0.05, 0) is 18.6 Å². The first-order chi connectivity index (χ1) is 16.0. The Labute approximate surface area is 209 Å². The predicted molar refractivity (Wildman–Crippen MR) is 139 cm³/mol. The van der Waals surface area contributed by atoms with Crippen LogP contribution in [0.3, 0.4) is 0 Å². The van der Waals surface area contributed by atoms with Crippen molar-refractivity contribution in [1.29, 1.82) is 0 Å². The van der Waals surface area contributed by atoms with Gasteiger partial charge in [0.05, 0.1) is 3.92 Å². The highest BCUT2D eigenvalue weighted by Gasteiger charge is 2.21. The van der Waals surface area contributed by atoms with Crippen molar-refractivity contribution in [3.05, 3.63) is 29.3 Å². The van der Waals surface area contributed by atoms with Crippen molar-refractivity contribution in [1.82, 2.24) is 0 Å². The van der Waals surface area contributed by atoms with E-state index in [0.717, 1.165) is 19.3 Å². The van der Waals surface area contributed by atoms with Crippen LogP contribution >= 0.6 is 21.2 Å². The smallest absolute Gasteiger partial charge is 0.339 e. The van der Waals surface area contributed by atoms with Crippen LogP contribution in [0.1, 0.15) is 124 Å². The normalized spacial score (nSPS) is 11.9. The zero-order valence-corrected chi connectivity index (χ0v) is 22.2. The molecule has 1 aromatic rings. The first-order valence-electron chi connectivity index (χ1n) is 12.5. The number of aromatic carboxylic acids is 2. The summed E-state index contributed by atoms with van der Waals surface area (Å²) in [6.07, 6.45) is 18.7. The lowest BCUT2D eigenvalue weighted by atomic mass is 10.0. The van der Waals surface area contributed by atoms with E-state index in [2.05, 4.69) is 6.92 Å². The third-order valence-corrected chi connectivity index (χ3v) is 7.58. The van der Waals surface area contributed by atoms with Gasteiger partial charge < -0.3 is 14.9 Å². The molecule has 7 heteroatoms. The maximum atomic E-state index is 11.7. The topological polar surface area (TPSA) is 101 Å². The molecule has 0 aliphatic rings. The molecule has 0 fully saturated rings. The highest BCUT2D eigenvalue weighted by molar-refractivity contribution is 14.1. The number of carboxylic acid groups (broad SMARTS) is 2. The summed E-state index contributed by atoms with van der Waals surface area (Å²) in [7, 11) is 0. The van der Waals surface area contributed by atoms with Gasteiger partial charge in [-0.1, -0.05) is 103 Å². The minimum Gasteiger partial charge on any atom is -0.491 e. The summed E-state index contributed by atoms with van der Waals surface area (Å²) in [5.41, 5.74) is -0.372. The molecule has 2 N–H and O–H groups in total. The molecular formula is C26H41IO6. The summed E-state index contributed by atoms with van der Waals surface area (Å²) in [5.74, 6) is -2.64. The quantitative estimate of drug-likeness (QED) is 0.0873. The van der Waals surface area contributed by atoms with Crippen molar-refractivity contribution in [2.24, 2.45) is 0 Å². The van der Waals surface area contributed by atoms with Crippen LogP contribution in [0.15, 0.2) is 18.2 Å². The van der Waals surface area contributed by atoms with Crippen LogP contribution in [-0.2, 0) is 3.07 Å². The number of hydrogen-bond acceptors (Lipinski definition) is 4. The number of carbonyl (C=O) groups is 2. The molecule has 0 saturated heterocycles. The number of carboxylic acids is 2. The van der Waals surface area contributed by atoms with Gasteiger partial charge in [0.2, 0.25) is 0 Å². The summed E-state index contributed by atoms with van der Waals surface area (Å²) in [4.78, 5) is 22.8. The van der Waals surface area contributed by atoms with Gasteiger partial charge >= 0.3 is 11.9 Å². The van der Waals surface area contributed by atoms with Crippen LogP contribution in [0.5, 0.6) is 5.75 Å². The minimum absolute atomic E-state index is 0.0831.